The highest BCUT2D eigenvalue weighted by atomic mass is 35.5. The van der Waals surface area contributed by atoms with Crippen LogP contribution in [-0.4, -0.2) is 52.1 Å². The van der Waals surface area contributed by atoms with Gasteiger partial charge < -0.3 is 4.90 Å². The summed E-state index contributed by atoms with van der Waals surface area (Å²) in [6, 6.07) is 9.58. The predicted octanol–water partition coefficient (Wildman–Crippen LogP) is 3.75. The standard InChI is InChI=1S/C19H19ClN4OS/c20-16-3-1-15(2-4-16)18-17(11-21-22-18)19(25)24-8-6-23(7-9-24)12-14-5-10-26-13-14/h1-5,10-11,13H,6-9,12H2,(H,21,22). The van der Waals surface area contributed by atoms with E-state index in [0.717, 1.165) is 44.0 Å². The summed E-state index contributed by atoms with van der Waals surface area (Å²) in [5, 5.41) is 12.0. The highest BCUT2D eigenvalue weighted by Gasteiger charge is 2.25. The van der Waals surface area contributed by atoms with E-state index in [4.69, 9.17) is 11.6 Å². The Morgan fingerprint density at radius 2 is 1.92 bits per heavy atom. The number of H-pyrrole nitrogens is 1. The summed E-state index contributed by atoms with van der Waals surface area (Å²) >= 11 is 7.68. The van der Waals surface area contributed by atoms with E-state index in [1.165, 1.54) is 5.56 Å². The molecule has 0 spiro atoms. The molecule has 1 saturated heterocycles. The fraction of sp³-hybridized carbons (Fsp3) is 0.263. The van der Waals surface area contributed by atoms with Crippen LogP contribution >= 0.6 is 22.9 Å². The Bertz CT molecular complexity index is 867. The molecule has 0 unspecified atom stereocenters. The first-order valence-electron chi connectivity index (χ1n) is 8.53. The van der Waals surface area contributed by atoms with E-state index in [0.29, 0.717) is 10.6 Å². The number of piperazine rings is 1. The number of nitrogens with zero attached hydrogens (tertiary/aromatic N) is 3. The van der Waals surface area contributed by atoms with Crippen LogP contribution in [0.15, 0.2) is 47.3 Å². The highest BCUT2D eigenvalue weighted by molar-refractivity contribution is 7.07. The minimum absolute atomic E-state index is 0.0267. The molecule has 7 heteroatoms. The third-order valence-corrected chi connectivity index (χ3v) is 5.63. The molecule has 1 N–H and O–H groups in total. The maximum Gasteiger partial charge on any atom is 0.257 e. The second-order valence-corrected chi connectivity index (χ2v) is 7.58. The summed E-state index contributed by atoms with van der Waals surface area (Å²) in [4.78, 5) is 17.3. The maximum absolute atomic E-state index is 13.0. The lowest BCUT2D eigenvalue weighted by Crippen LogP contribution is -2.48. The minimum atomic E-state index is 0.0267. The fourth-order valence-corrected chi connectivity index (χ4v) is 3.99. The van der Waals surface area contributed by atoms with Gasteiger partial charge in [0.2, 0.25) is 0 Å². The molecular formula is C19H19ClN4OS. The average Bonchev–Trinajstić information content (AvgIpc) is 3.34. The Hall–Kier alpha value is -2.15. The topological polar surface area (TPSA) is 52.2 Å². The molecule has 3 aromatic rings. The van der Waals surface area contributed by atoms with Crippen molar-refractivity contribution in [3.63, 3.8) is 0 Å². The van der Waals surface area contributed by atoms with Crippen molar-refractivity contribution in [2.45, 2.75) is 6.54 Å². The number of hydrogen-bond donors (Lipinski definition) is 1. The number of rotatable bonds is 4. The number of amides is 1. The van der Waals surface area contributed by atoms with E-state index in [9.17, 15) is 4.79 Å². The summed E-state index contributed by atoms with van der Waals surface area (Å²) in [6.07, 6.45) is 1.62. The second-order valence-electron chi connectivity index (χ2n) is 6.37. The number of benzene rings is 1. The number of aromatic amines is 1. The number of halogens is 1. The first-order chi connectivity index (χ1) is 12.7. The summed E-state index contributed by atoms with van der Waals surface area (Å²) < 4.78 is 0. The highest BCUT2D eigenvalue weighted by Crippen LogP contribution is 2.24. The number of carbonyl (C=O) groups excluding carboxylic acids is 1. The number of carbonyl (C=O) groups is 1. The van der Waals surface area contributed by atoms with Crippen molar-refractivity contribution in [2.24, 2.45) is 0 Å². The van der Waals surface area contributed by atoms with Crippen LogP contribution in [0.25, 0.3) is 11.3 Å². The first-order valence-corrected chi connectivity index (χ1v) is 9.85. The Morgan fingerprint density at radius 1 is 1.15 bits per heavy atom. The average molecular weight is 387 g/mol. The van der Waals surface area contributed by atoms with Gasteiger partial charge in [-0.2, -0.15) is 16.4 Å². The van der Waals surface area contributed by atoms with Crippen LogP contribution in [0.2, 0.25) is 5.02 Å². The third-order valence-electron chi connectivity index (χ3n) is 4.65. The van der Waals surface area contributed by atoms with E-state index in [-0.39, 0.29) is 5.91 Å². The molecule has 1 aliphatic heterocycles. The SMILES string of the molecule is O=C(c1cn[nH]c1-c1ccc(Cl)cc1)N1CCN(Cc2ccsc2)CC1. The molecule has 26 heavy (non-hydrogen) atoms. The Labute approximate surface area is 161 Å². The van der Waals surface area contributed by atoms with Crippen LogP contribution in [0, 0.1) is 0 Å². The number of aromatic nitrogens is 2. The summed E-state index contributed by atoms with van der Waals surface area (Å²) in [5.74, 6) is 0.0267. The van der Waals surface area contributed by atoms with Gasteiger partial charge in [0.25, 0.3) is 5.91 Å². The molecule has 3 heterocycles. The zero-order valence-corrected chi connectivity index (χ0v) is 15.8. The van der Waals surface area contributed by atoms with Crippen LogP contribution in [-0.2, 0) is 6.54 Å². The molecule has 0 aliphatic carbocycles. The molecule has 0 bridgehead atoms. The largest absolute Gasteiger partial charge is 0.336 e. The molecule has 5 nitrogen and oxygen atoms in total. The molecular weight excluding hydrogens is 368 g/mol. The van der Waals surface area contributed by atoms with Crippen LogP contribution in [0.1, 0.15) is 15.9 Å². The van der Waals surface area contributed by atoms with Gasteiger partial charge in [0.15, 0.2) is 0 Å². The van der Waals surface area contributed by atoms with Crippen molar-refractivity contribution >= 4 is 28.8 Å². The number of nitrogens with one attached hydrogen (secondary N) is 1. The summed E-state index contributed by atoms with van der Waals surface area (Å²) in [5.41, 5.74) is 3.60. The van der Waals surface area contributed by atoms with E-state index >= 15 is 0 Å². The molecule has 1 aliphatic rings. The molecule has 1 amide bonds. The van der Waals surface area contributed by atoms with Gasteiger partial charge in [-0.15, -0.1) is 0 Å². The van der Waals surface area contributed by atoms with Gasteiger partial charge in [0.05, 0.1) is 17.5 Å². The first kappa shape index (κ1) is 17.3. The zero-order chi connectivity index (χ0) is 17.9. The van der Waals surface area contributed by atoms with E-state index < -0.39 is 0 Å². The van der Waals surface area contributed by atoms with Gasteiger partial charge in [-0.05, 0) is 34.5 Å². The summed E-state index contributed by atoms with van der Waals surface area (Å²) in [6.45, 7) is 4.18. The molecule has 0 radical (unpaired) electrons. The van der Waals surface area contributed by atoms with Crippen molar-refractivity contribution in [2.75, 3.05) is 26.2 Å². The molecule has 4 rings (SSSR count). The van der Waals surface area contributed by atoms with Crippen molar-refractivity contribution in [1.29, 1.82) is 0 Å². The minimum Gasteiger partial charge on any atom is -0.336 e. The molecule has 1 aromatic carbocycles. The van der Waals surface area contributed by atoms with Gasteiger partial charge in [0, 0.05) is 43.3 Å². The molecule has 0 atom stereocenters. The molecule has 2 aromatic heterocycles. The molecule has 1 fully saturated rings. The zero-order valence-electron chi connectivity index (χ0n) is 14.2. The third kappa shape index (κ3) is 3.67. The lowest BCUT2D eigenvalue weighted by molar-refractivity contribution is 0.0629. The van der Waals surface area contributed by atoms with Crippen LogP contribution in [0.5, 0.6) is 0 Å². The van der Waals surface area contributed by atoms with Crippen molar-refractivity contribution in [1.82, 2.24) is 20.0 Å². The number of hydrogen-bond acceptors (Lipinski definition) is 4. The molecule has 134 valence electrons. The van der Waals surface area contributed by atoms with Gasteiger partial charge in [-0.3, -0.25) is 14.8 Å². The van der Waals surface area contributed by atoms with Crippen molar-refractivity contribution < 1.29 is 4.79 Å². The Morgan fingerprint density at radius 3 is 2.62 bits per heavy atom. The predicted molar refractivity (Wildman–Crippen MR) is 105 cm³/mol. The lowest BCUT2D eigenvalue weighted by Gasteiger charge is -2.34. The van der Waals surface area contributed by atoms with E-state index in [1.807, 2.05) is 29.2 Å². The maximum atomic E-state index is 13.0. The Kier molecular flexibility index (Phi) is 5.06. The van der Waals surface area contributed by atoms with Crippen LogP contribution in [0.3, 0.4) is 0 Å². The molecule has 0 saturated carbocycles. The van der Waals surface area contributed by atoms with Gasteiger partial charge in [0.1, 0.15) is 0 Å². The van der Waals surface area contributed by atoms with Gasteiger partial charge in [-0.25, -0.2) is 0 Å². The van der Waals surface area contributed by atoms with Gasteiger partial charge in [-0.1, -0.05) is 23.7 Å². The quantitative estimate of drug-likeness (QED) is 0.743. The monoisotopic (exact) mass is 386 g/mol. The van der Waals surface area contributed by atoms with Crippen molar-refractivity contribution in [3.8, 4) is 11.3 Å². The number of thiophene rings is 1. The second kappa shape index (κ2) is 7.61. The van der Waals surface area contributed by atoms with Gasteiger partial charge >= 0.3 is 0 Å². The normalized spacial score (nSPS) is 15.3. The Balaban J connectivity index is 1.43. The lowest BCUT2D eigenvalue weighted by atomic mass is 10.1. The fourth-order valence-electron chi connectivity index (χ4n) is 3.21. The van der Waals surface area contributed by atoms with E-state index in [2.05, 4.69) is 31.9 Å². The van der Waals surface area contributed by atoms with E-state index in [1.54, 1.807) is 17.5 Å². The van der Waals surface area contributed by atoms with Crippen LogP contribution in [0.4, 0.5) is 0 Å². The summed E-state index contributed by atoms with van der Waals surface area (Å²) in [7, 11) is 0. The van der Waals surface area contributed by atoms with Crippen molar-refractivity contribution in [3.05, 3.63) is 63.4 Å². The smallest absolute Gasteiger partial charge is 0.257 e. The van der Waals surface area contributed by atoms with Crippen LogP contribution < -0.4 is 0 Å².